The van der Waals surface area contributed by atoms with Gasteiger partial charge in [0.2, 0.25) is 10.0 Å². The third-order valence-electron chi connectivity index (χ3n) is 5.01. The van der Waals surface area contributed by atoms with Gasteiger partial charge >= 0.3 is 0 Å². The van der Waals surface area contributed by atoms with E-state index >= 15 is 0 Å². The van der Waals surface area contributed by atoms with Crippen molar-refractivity contribution in [3.8, 4) is 0 Å². The molecule has 1 amide bonds. The number of carbonyl (C=O) groups excluding carboxylic acids is 1. The molecule has 1 atom stereocenters. The highest BCUT2D eigenvalue weighted by Crippen LogP contribution is 2.26. The van der Waals surface area contributed by atoms with E-state index in [4.69, 9.17) is 11.6 Å². The Kier molecular flexibility index (Phi) is 7.54. The summed E-state index contributed by atoms with van der Waals surface area (Å²) in [6.45, 7) is 2.39. The summed E-state index contributed by atoms with van der Waals surface area (Å²) < 4.78 is 26.3. The molecule has 0 N–H and O–H groups in total. The van der Waals surface area contributed by atoms with E-state index in [0.717, 1.165) is 9.87 Å². The molecule has 8 heteroatoms. The number of benzene rings is 2. The fourth-order valence-corrected chi connectivity index (χ4v) is 5.19. The number of hydrogen-bond donors (Lipinski definition) is 0. The molecule has 0 bridgehead atoms. The van der Waals surface area contributed by atoms with Gasteiger partial charge in [-0.25, -0.2) is 12.7 Å². The fourth-order valence-electron chi connectivity index (χ4n) is 3.23. The predicted molar refractivity (Wildman–Crippen MR) is 126 cm³/mol. The van der Waals surface area contributed by atoms with E-state index in [1.165, 1.54) is 37.2 Å². The second-order valence-electron chi connectivity index (χ2n) is 7.48. The summed E-state index contributed by atoms with van der Waals surface area (Å²) in [4.78, 5) is 16.6. The van der Waals surface area contributed by atoms with Crippen LogP contribution >= 0.6 is 22.9 Å². The molecule has 5 nitrogen and oxygen atoms in total. The van der Waals surface area contributed by atoms with Gasteiger partial charge in [-0.1, -0.05) is 48.0 Å². The molecule has 0 fully saturated rings. The smallest absolute Gasteiger partial charge is 0.255 e. The number of carbonyl (C=O) groups is 1. The van der Waals surface area contributed by atoms with Gasteiger partial charge in [-0.3, -0.25) is 4.79 Å². The molecular weight excluding hydrogens is 452 g/mol. The van der Waals surface area contributed by atoms with Crippen molar-refractivity contribution in [3.63, 3.8) is 0 Å². The lowest BCUT2D eigenvalue weighted by molar-refractivity contribution is 0.0676. The zero-order valence-corrected chi connectivity index (χ0v) is 20.0. The summed E-state index contributed by atoms with van der Waals surface area (Å²) in [6, 6.07) is 17.9. The average molecular weight is 477 g/mol. The zero-order chi connectivity index (χ0) is 22.6. The summed E-state index contributed by atoms with van der Waals surface area (Å²) in [5.74, 6) is -0.297. The van der Waals surface area contributed by atoms with Gasteiger partial charge in [0.25, 0.3) is 5.91 Å². The Labute approximate surface area is 192 Å². The Morgan fingerprint density at radius 2 is 1.77 bits per heavy atom. The van der Waals surface area contributed by atoms with Crippen molar-refractivity contribution < 1.29 is 13.2 Å². The minimum atomic E-state index is -3.69. The SMILES string of the molecule is CC(Cc1cccs1)N(Cc1ccccc1)C(=O)c1cc(S(=O)(=O)N(C)C)ccc1Cl. The van der Waals surface area contributed by atoms with Crippen LogP contribution in [0.5, 0.6) is 0 Å². The normalized spacial score (nSPS) is 12.7. The van der Waals surface area contributed by atoms with E-state index in [1.807, 2.05) is 54.8 Å². The van der Waals surface area contributed by atoms with Crippen LogP contribution in [0.3, 0.4) is 0 Å². The minimum absolute atomic E-state index is 0.0378. The Morgan fingerprint density at radius 3 is 2.39 bits per heavy atom. The van der Waals surface area contributed by atoms with Crippen molar-refractivity contribution in [2.24, 2.45) is 0 Å². The van der Waals surface area contributed by atoms with Crippen LogP contribution in [0.1, 0.15) is 27.7 Å². The van der Waals surface area contributed by atoms with Crippen LogP contribution in [0.25, 0.3) is 0 Å². The van der Waals surface area contributed by atoms with Gasteiger partial charge < -0.3 is 4.90 Å². The van der Waals surface area contributed by atoms with Crippen molar-refractivity contribution in [1.82, 2.24) is 9.21 Å². The largest absolute Gasteiger partial charge is 0.331 e. The van der Waals surface area contributed by atoms with Gasteiger partial charge in [-0.05, 0) is 42.1 Å². The summed E-state index contributed by atoms with van der Waals surface area (Å²) in [5, 5.41) is 2.24. The molecule has 0 saturated carbocycles. The second kappa shape index (κ2) is 9.96. The van der Waals surface area contributed by atoms with E-state index in [1.54, 1.807) is 16.2 Å². The summed E-state index contributed by atoms with van der Waals surface area (Å²) in [7, 11) is -0.781. The van der Waals surface area contributed by atoms with Gasteiger partial charge in [-0.2, -0.15) is 0 Å². The lowest BCUT2D eigenvalue weighted by Gasteiger charge is -2.30. The Morgan fingerprint density at radius 1 is 1.06 bits per heavy atom. The van der Waals surface area contributed by atoms with Crippen molar-refractivity contribution in [2.75, 3.05) is 14.1 Å². The first kappa shape index (κ1) is 23.5. The molecule has 0 aliphatic carbocycles. The quantitative estimate of drug-likeness (QED) is 0.463. The van der Waals surface area contributed by atoms with Gasteiger partial charge in [-0.15, -0.1) is 11.3 Å². The molecule has 3 aromatic rings. The molecule has 31 heavy (non-hydrogen) atoms. The van der Waals surface area contributed by atoms with E-state index in [0.29, 0.717) is 13.0 Å². The highest BCUT2D eigenvalue weighted by molar-refractivity contribution is 7.89. The van der Waals surface area contributed by atoms with Crippen LogP contribution in [0.2, 0.25) is 5.02 Å². The van der Waals surface area contributed by atoms with E-state index in [9.17, 15) is 13.2 Å². The number of amides is 1. The van der Waals surface area contributed by atoms with E-state index in [-0.39, 0.29) is 27.4 Å². The number of nitrogens with zero attached hydrogens (tertiary/aromatic N) is 2. The van der Waals surface area contributed by atoms with Gasteiger partial charge in [0.1, 0.15) is 0 Å². The average Bonchev–Trinajstić information content (AvgIpc) is 3.25. The maximum absolute atomic E-state index is 13.6. The number of halogens is 1. The molecular formula is C23H25ClN2O3S2. The van der Waals surface area contributed by atoms with Crippen molar-refractivity contribution in [3.05, 3.63) is 87.1 Å². The number of thiophene rings is 1. The maximum atomic E-state index is 13.6. The van der Waals surface area contributed by atoms with Crippen molar-refractivity contribution in [1.29, 1.82) is 0 Å². The molecule has 1 aromatic heterocycles. The third kappa shape index (κ3) is 5.54. The molecule has 1 unspecified atom stereocenters. The first-order valence-corrected chi connectivity index (χ1v) is 12.5. The molecule has 3 rings (SSSR count). The lowest BCUT2D eigenvalue weighted by atomic mass is 10.1. The summed E-state index contributed by atoms with van der Waals surface area (Å²) in [6.07, 6.45) is 0.698. The summed E-state index contributed by atoms with van der Waals surface area (Å²) >= 11 is 8.01. The Balaban J connectivity index is 1.99. The fraction of sp³-hybridized carbons (Fsp3) is 0.261. The molecule has 164 valence electrons. The molecule has 1 heterocycles. The van der Waals surface area contributed by atoms with Crippen LogP contribution in [0.4, 0.5) is 0 Å². The monoisotopic (exact) mass is 476 g/mol. The minimum Gasteiger partial charge on any atom is -0.331 e. The molecule has 0 aliphatic rings. The van der Waals surface area contributed by atoms with Crippen LogP contribution in [-0.2, 0) is 23.0 Å². The lowest BCUT2D eigenvalue weighted by Crippen LogP contribution is -2.39. The van der Waals surface area contributed by atoms with Crippen molar-refractivity contribution >= 4 is 38.9 Å². The standard InChI is InChI=1S/C23H25ClN2O3S2/c1-17(14-19-10-7-13-30-19)26(16-18-8-5-4-6-9-18)23(27)21-15-20(11-12-22(21)24)31(28,29)25(2)3/h4-13,15,17H,14,16H2,1-3H3. The highest BCUT2D eigenvalue weighted by Gasteiger charge is 2.27. The number of sulfonamides is 1. The molecule has 0 aliphatic heterocycles. The predicted octanol–water partition coefficient (Wildman–Crippen LogP) is 4.93. The van der Waals surface area contributed by atoms with E-state index < -0.39 is 10.0 Å². The number of rotatable bonds is 8. The van der Waals surface area contributed by atoms with Crippen LogP contribution in [-0.4, -0.2) is 43.7 Å². The first-order valence-electron chi connectivity index (χ1n) is 9.79. The van der Waals surface area contributed by atoms with Crippen LogP contribution in [0.15, 0.2) is 70.9 Å². The molecule has 0 radical (unpaired) electrons. The Bertz CT molecular complexity index is 1130. The van der Waals surface area contributed by atoms with Gasteiger partial charge in [0.15, 0.2) is 0 Å². The maximum Gasteiger partial charge on any atom is 0.255 e. The molecule has 0 saturated heterocycles. The van der Waals surface area contributed by atoms with E-state index in [2.05, 4.69) is 0 Å². The highest BCUT2D eigenvalue weighted by atomic mass is 35.5. The topological polar surface area (TPSA) is 57.7 Å². The molecule has 2 aromatic carbocycles. The van der Waals surface area contributed by atoms with Gasteiger partial charge in [0, 0.05) is 38.0 Å². The zero-order valence-electron chi connectivity index (χ0n) is 17.7. The third-order valence-corrected chi connectivity index (χ3v) is 8.05. The summed E-state index contributed by atoms with van der Waals surface area (Å²) in [5.41, 5.74) is 1.17. The van der Waals surface area contributed by atoms with Crippen LogP contribution in [0, 0.1) is 0 Å². The second-order valence-corrected chi connectivity index (χ2v) is 11.1. The van der Waals surface area contributed by atoms with Crippen molar-refractivity contribution in [2.45, 2.75) is 30.8 Å². The first-order chi connectivity index (χ1) is 14.7. The van der Waals surface area contributed by atoms with Crippen LogP contribution < -0.4 is 0 Å². The number of hydrogen-bond acceptors (Lipinski definition) is 4. The Hall–Kier alpha value is -2.19. The van der Waals surface area contributed by atoms with Gasteiger partial charge in [0.05, 0.1) is 15.5 Å². The molecule has 0 spiro atoms.